The van der Waals surface area contributed by atoms with Gasteiger partial charge in [0.25, 0.3) is 0 Å². The van der Waals surface area contributed by atoms with Crippen LogP contribution in [0.5, 0.6) is 0 Å². The summed E-state index contributed by atoms with van der Waals surface area (Å²) in [5.41, 5.74) is 9.28. The average molecular weight is 208 g/mol. The fourth-order valence-corrected chi connectivity index (χ4v) is 2.21. The number of hydrogen-bond donors (Lipinski definition) is 1. The van der Waals surface area contributed by atoms with E-state index in [0.29, 0.717) is 18.0 Å². The number of carbonyl (C=O) groups is 1. The maximum Gasteiger partial charge on any atom is 0.357 e. The van der Waals surface area contributed by atoms with Crippen molar-refractivity contribution in [3.63, 3.8) is 0 Å². The van der Waals surface area contributed by atoms with Gasteiger partial charge in [-0.15, -0.1) is 0 Å². The van der Waals surface area contributed by atoms with E-state index in [-0.39, 0.29) is 5.97 Å². The van der Waals surface area contributed by atoms with Gasteiger partial charge in [0.1, 0.15) is 0 Å². The third-order valence-corrected chi connectivity index (χ3v) is 2.95. The molecule has 0 amide bonds. The van der Waals surface area contributed by atoms with E-state index in [9.17, 15) is 4.79 Å². The molecule has 15 heavy (non-hydrogen) atoms. The van der Waals surface area contributed by atoms with Crippen LogP contribution >= 0.6 is 0 Å². The van der Waals surface area contributed by atoms with Gasteiger partial charge in [-0.1, -0.05) is 0 Å². The quantitative estimate of drug-likeness (QED) is 0.749. The number of carbonyl (C=O) groups excluding carboxylic acids is 1. The largest absolute Gasteiger partial charge is 0.461 e. The van der Waals surface area contributed by atoms with Gasteiger partial charge in [-0.25, -0.2) is 4.79 Å². The summed E-state index contributed by atoms with van der Waals surface area (Å²) in [4.78, 5) is 11.7. The summed E-state index contributed by atoms with van der Waals surface area (Å²) < 4.78 is 7.01. The Labute approximate surface area is 89.0 Å². The molecular formula is C11H16N2O2. The molecule has 0 fully saturated rings. The standard InChI is InChI=1S/C11H16N2O2/c1-3-15-11(14)10-9(12)7(2)8-5-4-6-13(8)10/h3-6,12H2,1-2H3. The lowest BCUT2D eigenvalue weighted by Crippen LogP contribution is -2.13. The monoisotopic (exact) mass is 208 g/mol. The lowest BCUT2D eigenvalue weighted by molar-refractivity contribution is 0.0515. The predicted octanol–water partition coefficient (Wildman–Crippen LogP) is 1.50. The smallest absolute Gasteiger partial charge is 0.357 e. The van der Waals surface area contributed by atoms with E-state index in [4.69, 9.17) is 10.5 Å². The van der Waals surface area contributed by atoms with E-state index >= 15 is 0 Å². The maximum absolute atomic E-state index is 11.7. The summed E-state index contributed by atoms with van der Waals surface area (Å²) in [6, 6.07) is 0. The van der Waals surface area contributed by atoms with Gasteiger partial charge in [0.15, 0.2) is 5.69 Å². The van der Waals surface area contributed by atoms with Crippen molar-refractivity contribution in [3.05, 3.63) is 17.0 Å². The first-order valence-electron chi connectivity index (χ1n) is 5.31. The number of nitrogens with zero attached hydrogens (tertiary/aromatic N) is 1. The van der Waals surface area contributed by atoms with Crippen LogP contribution in [0.4, 0.5) is 5.69 Å². The summed E-state index contributed by atoms with van der Waals surface area (Å²) in [6.07, 6.45) is 2.10. The summed E-state index contributed by atoms with van der Waals surface area (Å²) in [5.74, 6) is -0.300. The Morgan fingerprint density at radius 3 is 3.00 bits per heavy atom. The third-order valence-electron chi connectivity index (χ3n) is 2.95. The van der Waals surface area contributed by atoms with Crippen LogP contribution in [-0.4, -0.2) is 17.1 Å². The number of fused-ring (bicyclic) bond motifs is 1. The minimum Gasteiger partial charge on any atom is -0.461 e. The Balaban J connectivity index is 2.47. The molecule has 2 N–H and O–H groups in total. The molecule has 0 bridgehead atoms. The van der Waals surface area contributed by atoms with Gasteiger partial charge in [0.2, 0.25) is 0 Å². The third kappa shape index (κ3) is 1.40. The number of rotatable bonds is 2. The van der Waals surface area contributed by atoms with Gasteiger partial charge >= 0.3 is 5.97 Å². The average Bonchev–Trinajstić information content (AvgIpc) is 2.73. The predicted molar refractivity (Wildman–Crippen MR) is 57.9 cm³/mol. The lowest BCUT2D eigenvalue weighted by Gasteiger charge is -2.06. The topological polar surface area (TPSA) is 57.2 Å². The molecule has 0 saturated heterocycles. The number of ether oxygens (including phenoxy) is 1. The molecule has 1 aromatic heterocycles. The second-order valence-electron chi connectivity index (χ2n) is 3.81. The Bertz CT molecular complexity index is 407. The van der Waals surface area contributed by atoms with E-state index in [2.05, 4.69) is 0 Å². The highest BCUT2D eigenvalue weighted by Crippen LogP contribution is 2.30. The fourth-order valence-electron chi connectivity index (χ4n) is 2.21. The number of anilines is 1. The van der Waals surface area contributed by atoms with Crippen LogP contribution in [0.2, 0.25) is 0 Å². The molecule has 0 saturated carbocycles. The Kier molecular flexibility index (Phi) is 2.42. The molecule has 0 atom stereocenters. The zero-order chi connectivity index (χ0) is 11.0. The molecule has 1 aliphatic heterocycles. The summed E-state index contributed by atoms with van der Waals surface area (Å²) >= 11 is 0. The zero-order valence-corrected chi connectivity index (χ0v) is 9.17. The van der Waals surface area contributed by atoms with Gasteiger partial charge in [-0.05, 0) is 32.3 Å². The van der Waals surface area contributed by atoms with Crippen molar-refractivity contribution < 1.29 is 9.53 Å². The number of esters is 1. The van der Waals surface area contributed by atoms with Crippen LogP contribution in [0.15, 0.2) is 0 Å². The molecule has 0 aliphatic carbocycles. The first-order valence-corrected chi connectivity index (χ1v) is 5.31. The second-order valence-corrected chi connectivity index (χ2v) is 3.81. The Morgan fingerprint density at radius 2 is 2.33 bits per heavy atom. The van der Waals surface area contributed by atoms with Gasteiger partial charge in [-0.3, -0.25) is 0 Å². The summed E-state index contributed by atoms with van der Waals surface area (Å²) in [6.45, 7) is 5.03. The fraction of sp³-hybridized carbons (Fsp3) is 0.545. The molecular weight excluding hydrogens is 192 g/mol. The van der Waals surface area contributed by atoms with Crippen LogP contribution < -0.4 is 5.73 Å². The second kappa shape index (κ2) is 3.61. The molecule has 2 heterocycles. The van der Waals surface area contributed by atoms with E-state index in [0.717, 1.165) is 24.9 Å². The molecule has 0 radical (unpaired) electrons. The number of hydrogen-bond acceptors (Lipinski definition) is 3. The first-order chi connectivity index (χ1) is 7.16. The first kappa shape index (κ1) is 10.1. The maximum atomic E-state index is 11.7. The molecule has 0 unspecified atom stereocenters. The summed E-state index contributed by atoms with van der Waals surface area (Å²) in [7, 11) is 0. The Morgan fingerprint density at radius 1 is 1.60 bits per heavy atom. The molecule has 4 nitrogen and oxygen atoms in total. The lowest BCUT2D eigenvalue weighted by atomic mass is 10.2. The number of nitrogens with two attached hydrogens (primary N) is 1. The van der Waals surface area contributed by atoms with Crippen molar-refractivity contribution in [2.24, 2.45) is 0 Å². The van der Waals surface area contributed by atoms with E-state index in [1.54, 1.807) is 6.92 Å². The highest BCUT2D eigenvalue weighted by molar-refractivity contribution is 5.95. The minimum atomic E-state index is -0.300. The molecule has 1 aromatic rings. The number of nitrogen functional groups attached to an aromatic ring is 1. The molecule has 0 aromatic carbocycles. The highest BCUT2D eigenvalue weighted by Gasteiger charge is 2.26. The van der Waals surface area contributed by atoms with Crippen LogP contribution in [0, 0.1) is 6.92 Å². The van der Waals surface area contributed by atoms with Crippen LogP contribution in [-0.2, 0) is 17.7 Å². The van der Waals surface area contributed by atoms with Crippen LogP contribution in [0.25, 0.3) is 0 Å². The highest BCUT2D eigenvalue weighted by atomic mass is 16.5. The molecule has 4 heteroatoms. The SMILES string of the molecule is CCOC(=O)c1c(N)c(C)c2n1CCC2. The molecule has 0 spiro atoms. The van der Waals surface area contributed by atoms with E-state index in [1.807, 2.05) is 11.5 Å². The van der Waals surface area contributed by atoms with Crippen molar-refractivity contribution in [2.75, 3.05) is 12.3 Å². The number of aromatic nitrogens is 1. The van der Waals surface area contributed by atoms with Crippen molar-refractivity contribution in [2.45, 2.75) is 33.2 Å². The van der Waals surface area contributed by atoms with Crippen LogP contribution in [0.1, 0.15) is 35.1 Å². The Hall–Kier alpha value is -1.45. The van der Waals surface area contributed by atoms with Gasteiger partial charge < -0.3 is 15.0 Å². The normalized spacial score (nSPS) is 14.0. The van der Waals surface area contributed by atoms with Gasteiger partial charge in [0.05, 0.1) is 12.3 Å². The van der Waals surface area contributed by atoms with Gasteiger partial charge in [-0.2, -0.15) is 0 Å². The van der Waals surface area contributed by atoms with Crippen molar-refractivity contribution in [3.8, 4) is 0 Å². The molecule has 1 aliphatic rings. The van der Waals surface area contributed by atoms with Gasteiger partial charge in [0, 0.05) is 12.2 Å². The zero-order valence-electron chi connectivity index (χ0n) is 9.17. The van der Waals surface area contributed by atoms with Crippen molar-refractivity contribution >= 4 is 11.7 Å². The van der Waals surface area contributed by atoms with Crippen LogP contribution in [0.3, 0.4) is 0 Å². The molecule has 2 rings (SSSR count). The van der Waals surface area contributed by atoms with Crippen molar-refractivity contribution in [1.82, 2.24) is 4.57 Å². The molecule has 82 valence electrons. The summed E-state index contributed by atoms with van der Waals surface area (Å²) in [5, 5.41) is 0. The van der Waals surface area contributed by atoms with E-state index in [1.165, 1.54) is 5.69 Å². The van der Waals surface area contributed by atoms with Crippen molar-refractivity contribution in [1.29, 1.82) is 0 Å². The minimum absolute atomic E-state index is 0.300. The van der Waals surface area contributed by atoms with E-state index < -0.39 is 0 Å².